The van der Waals surface area contributed by atoms with Crippen LogP contribution in [0.25, 0.3) is 11.2 Å². The summed E-state index contributed by atoms with van der Waals surface area (Å²) in [5.41, 5.74) is 3.63. The van der Waals surface area contributed by atoms with Gasteiger partial charge >= 0.3 is 0 Å². The number of hydrogen-bond donors (Lipinski definition) is 2. The van der Waals surface area contributed by atoms with Crippen LogP contribution in [0.4, 0.5) is 5.82 Å². The molecular weight excluding hydrogens is 493 g/mol. The fraction of sp³-hybridized carbons (Fsp3) is 0.227. The van der Waals surface area contributed by atoms with Gasteiger partial charge in [0.2, 0.25) is 0 Å². The Labute approximate surface area is 188 Å². The molecule has 2 N–H and O–H groups in total. The Hall–Kier alpha value is -2.88. The number of nitrogens with zero attached hydrogens (tertiary/aromatic N) is 5. The fourth-order valence-corrected chi connectivity index (χ4v) is 3.78. The van der Waals surface area contributed by atoms with Crippen LogP contribution in [0.15, 0.2) is 54.9 Å². The van der Waals surface area contributed by atoms with Gasteiger partial charge in [-0.3, -0.25) is 0 Å². The maximum absolute atomic E-state index is 9.63. The molecule has 0 spiro atoms. The van der Waals surface area contributed by atoms with E-state index < -0.39 is 0 Å². The monoisotopic (exact) mass is 515 g/mol. The molecule has 2 aromatic carbocycles. The van der Waals surface area contributed by atoms with Gasteiger partial charge in [-0.05, 0) is 49.2 Å². The molecule has 4 aromatic rings. The van der Waals surface area contributed by atoms with E-state index in [4.69, 9.17) is 4.98 Å². The highest BCUT2D eigenvalue weighted by molar-refractivity contribution is 14.1. The number of phenolic OH excluding ortho intramolecular Hbond substituents is 2. The van der Waals surface area contributed by atoms with Crippen LogP contribution in [0.5, 0.6) is 11.5 Å². The van der Waals surface area contributed by atoms with Crippen molar-refractivity contribution in [3.8, 4) is 11.5 Å². The Balaban J connectivity index is 1.80. The molecule has 30 heavy (non-hydrogen) atoms. The zero-order valence-corrected chi connectivity index (χ0v) is 18.9. The summed E-state index contributed by atoms with van der Waals surface area (Å²) in [5.74, 6) is 1.22. The SMILES string of the molecule is CC(C)n1cnc2c(N(Cc3ccc(O)cc3)Cc3ccc(O)cc3)nc(I)nc21. The molecule has 0 amide bonds. The summed E-state index contributed by atoms with van der Waals surface area (Å²) in [6.45, 7) is 5.36. The molecule has 0 aliphatic rings. The van der Waals surface area contributed by atoms with Crippen molar-refractivity contribution in [2.45, 2.75) is 33.0 Å². The summed E-state index contributed by atoms with van der Waals surface area (Å²) in [6, 6.07) is 14.6. The van der Waals surface area contributed by atoms with Gasteiger partial charge in [0.25, 0.3) is 0 Å². The van der Waals surface area contributed by atoms with E-state index in [1.807, 2.05) is 35.2 Å². The fourth-order valence-electron chi connectivity index (χ4n) is 3.32. The van der Waals surface area contributed by atoms with Gasteiger partial charge in [-0.25, -0.2) is 15.0 Å². The summed E-state index contributed by atoms with van der Waals surface area (Å²) >= 11 is 2.14. The predicted octanol–water partition coefficient (Wildman–Crippen LogP) is 4.63. The number of hydrogen-bond acceptors (Lipinski definition) is 6. The maximum Gasteiger partial charge on any atom is 0.194 e. The molecule has 2 aromatic heterocycles. The average molecular weight is 515 g/mol. The summed E-state index contributed by atoms with van der Waals surface area (Å²) in [4.78, 5) is 16.1. The summed E-state index contributed by atoms with van der Waals surface area (Å²) in [6.07, 6.45) is 1.81. The first-order valence-electron chi connectivity index (χ1n) is 9.61. The molecular formula is C22H22IN5O2. The smallest absolute Gasteiger partial charge is 0.194 e. The molecule has 0 aliphatic heterocycles. The van der Waals surface area contributed by atoms with E-state index in [2.05, 4.69) is 51.3 Å². The van der Waals surface area contributed by atoms with Crippen LogP contribution in [0.1, 0.15) is 31.0 Å². The summed E-state index contributed by atoms with van der Waals surface area (Å²) < 4.78 is 2.70. The minimum Gasteiger partial charge on any atom is -0.508 e. The van der Waals surface area contributed by atoms with Crippen molar-refractivity contribution in [3.63, 3.8) is 0 Å². The highest BCUT2D eigenvalue weighted by Gasteiger charge is 2.20. The molecule has 0 saturated carbocycles. The van der Waals surface area contributed by atoms with Crippen LogP contribution in [0.2, 0.25) is 0 Å². The van der Waals surface area contributed by atoms with Crippen molar-refractivity contribution in [3.05, 3.63) is 69.8 Å². The van der Waals surface area contributed by atoms with Gasteiger partial charge in [0.05, 0.1) is 6.33 Å². The molecule has 0 atom stereocenters. The highest BCUT2D eigenvalue weighted by atomic mass is 127. The molecule has 8 heteroatoms. The number of aromatic hydroxyl groups is 2. The third kappa shape index (κ3) is 4.33. The second kappa shape index (κ2) is 8.47. The van der Waals surface area contributed by atoms with E-state index in [1.54, 1.807) is 24.3 Å². The van der Waals surface area contributed by atoms with Gasteiger partial charge in [0.15, 0.2) is 20.8 Å². The van der Waals surface area contributed by atoms with Crippen molar-refractivity contribution in [2.75, 3.05) is 4.90 Å². The maximum atomic E-state index is 9.63. The lowest BCUT2D eigenvalue weighted by atomic mass is 10.1. The van der Waals surface area contributed by atoms with Crippen molar-refractivity contribution in [1.29, 1.82) is 0 Å². The Morgan fingerprint density at radius 3 is 1.93 bits per heavy atom. The Kier molecular flexibility index (Phi) is 5.76. The van der Waals surface area contributed by atoms with Crippen LogP contribution in [-0.4, -0.2) is 29.7 Å². The molecule has 4 rings (SSSR count). The number of fused-ring (bicyclic) bond motifs is 1. The van der Waals surface area contributed by atoms with Crippen molar-refractivity contribution in [2.24, 2.45) is 0 Å². The largest absolute Gasteiger partial charge is 0.508 e. The van der Waals surface area contributed by atoms with Crippen molar-refractivity contribution < 1.29 is 10.2 Å². The molecule has 0 unspecified atom stereocenters. The number of halogens is 1. The van der Waals surface area contributed by atoms with E-state index in [0.717, 1.165) is 28.1 Å². The second-order valence-corrected chi connectivity index (χ2v) is 8.39. The molecule has 0 bridgehead atoms. The van der Waals surface area contributed by atoms with Gasteiger partial charge in [-0.2, -0.15) is 0 Å². The number of imidazole rings is 1. The quantitative estimate of drug-likeness (QED) is 0.288. The first-order chi connectivity index (χ1) is 14.4. The molecule has 0 saturated heterocycles. The first kappa shape index (κ1) is 20.4. The lowest BCUT2D eigenvalue weighted by Crippen LogP contribution is -2.24. The predicted molar refractivity (Wildman–Crippen MR) is 125 cm³/mol. The number of aromatic nitrogens is 4. The molecule has 154 valence electrons. The van der Waals surface area contributed by atoms with E-state index in [-0.39, 0.29) is 17.5 Å². The van der Waals surface area contributed by atoms with Crippen LogP contribution in [0, 0.1) is 3.83 Å². The first-order valence-corrected chi connectivity index (χ1v) is 10.7. The van der Waals surface area contributed by atoms with Crippen molar-refractivity contribution in [1.82, 2.24) is 19.5 Å². The average Bonchev–Trinajstić information content (AvgIpc) is 3.14. The minimum atomic E-state index is 0.233. The minimum absolute atomic E-state index is 0.233. The summed E-state index contributed by atoms with van der Waals surface area (Å²) in [5, 5.41) is 19.3. The van der Waals surface area contributed by atoms with Gasteiger partial charge in [-0.1, -0.05) is 24.3 Å². The van der Waals surface area contributed by atoms with E-state index >= 15 is 0 Å². The Bertz CT molecular complexity index is 1110. The third-order valence-electron chi connectivity index (χ3n) is 4.85. The third-order valence-corrected chi connectivity index (χ3v) is 5.33. The zero-order valence-electron chi connectivity index (χ0n) is 16.7. The lowest BCUT2D eigenvalue weighted by molar-refractivity contribution is 0.474. The second-order valence-electron chi connectivity index (χ2n) is 7.42. The van der Waals surface area contributed by atoms with E-state index in [0.29, 0.717) is 16.9 Å². The molecule has 0 radical (unpaired) electrons. The number of benzene rings is 2. The number of rotatable bonds is 6. The standard InChI is InChI=1S/C22H22IN5O2/c1-14(2)28-13-24-19-20(25-22(23)26-21(19)28)27(11-15-3-7-17(29)8-4-15)12-16-5-9-18(30)10-6-16/h3-10,13-14,29-30H,11-12H2,1-2H3. The van der Waals surface area contributed by atoms with Crippen LogP contribution < -0.4 is 4.90 Å². The van der Waals surface area contributed by atoms with Gasteiger partial charge in [0, 0.05) is 41.7 Å². The lowest BCUT2D eigenvalue weighted by Gasteiger charge is -2.24. The summed E-state index contributed by atoms with van der Waals surface area (Å²) in [7, 11) is 0. The number of phenols is 2. The molecule has 0 aliphatic carbocycles. The molecule has 0 fully saturated rings. The number of anilines is 1. The molecule has 7 nitrogen and oxygen atoms in total. The van der Waals surface area contributed by atoms with Crippen LogP contribution in [0.3, 0.4) is 0 Å². The van der Waals surface area contributed by atoms with Crippen molar-refractivity contribution >= 4 is 39.6 Å². The Morgan fingerprint density at radius 2 is 1.43 bits per heavy atom. The topological polar surface area (TPSA) is 87.3 Å². The zero-order chi connectivity index (χ0) is 21.3. The highest BCUT2D eigenvalue weighted by Crippen LogP contribution is 2.28. The normalized spacial score (nSPS) is 11.3. The van der Waals surface area contributed by atoms with Gasteiger partial charge in [-0.15, -0.1) is 0 Å². The van der Waals surface area contributed by atoms with Gasteiger partial charge < -0.3 is 19.7 Å². The van der Waals surface area contributed by atoms with Crippen LogP contribution >= 0.6 is 22.6 Å². The van der Waals surface area contributed by atoms with E-state index in [1.165, 1.54) is 0 Å². The van der Waals surface area contributed by atoms with Crippen LogP contribution in [-0.2, 0) is 13.1 Å². The molecule has 2 heterocycles. The van der Waals surface area contributed by atoms with E-state index in [9.17, 15) is 10.2 Å². The van der Waals surface area contributed by atoms with Gasteiger partial charge in [0.1, 0.15) is 11.5 Å². The Morgan fingerprint density at radius 1 is 0.900 bits per heavy atom.